The van der Waals surface area contributed by atoms with Crippen LogP contribution < -0.4 is 11.0 Å². The molecular formula is C19H17N3O3. The molecule has 3 rings (SSSR count). The molecule has 0 atom stereocenters. The molecule has 0 aliphatic rings. The summed E-state index contributed by atoms with van der Waals surface area (Å²) in [5.41, 5.74) is 3.92. The van der Waals surface area contributed by atoms with Crippen molar-refractivity contribution in [2.24, 2.45) is 5.10 Å². The largest absolute Gasteiger partial charge is 0.494 e. The number of aryl methyl sites for hydroxylation is 1. The molecule has 1 amide bonds. The molecule has 0 aliphatic heterocycles. The molecule has 0 bridgehead atoms. The van der Waals surface area contributed by atoms with Gasteiger partial charge < -0.3 is 5.11 Å². The van der Waals surface area contributed by atoms with Crippen molar-refractivity contribution in [3.8, 4) is 11.6 Å². The van der Waals surface area contributed by atoms with Gasteiger partial charge in [-0.05, 0) is 25.1 Å². The summed E-state index contributed by atoms with van der Waals surface area (Å²) in [6.45, 7) is 3.28. The van der Waals surface area contributed by atoms with Gasteiger partial charge >= 0.3 is 0 Å². The first-order chi connectivity index (χ1) is 12.0. The zero-order valence-electron chi connectivity index (χ0n) is 13.9. The maximum Gasteiger partial charge on any atom is 0.265 e. The molecule has 6 nitrogen and oxygen atoms in total. The van der Waals surface area contributed by atoms with Crippen LogP contribution in [0.4, 0.5) is 0 Å². The second-order valence-corrected chi connectivity index (χ2v) is 5.69. The molecule has 25 heavy (non-hydrogen) atoms. The summed E-state index contributed by atoms with van der Waals surface area (Å²) in [6, 6.07) is 14.2. The Balaban J connectivity index is 2.31. The lowest BCUT2D eigenvalue weighted by Gasteiger charge is -2.13. The van der Waals surface area contributed by atoms with E-state index >= 15 is 0 Å². The lowest BCUT2D eigenvalue weighted by atomic mass is 10.1. The molecule has 0 saturated heterocycles. The first-order valence-electron chi connectivity index (χ1n) is 7.72. The first-order valence-corrected chi connectivity index (χ1v) is 7.72. The van der Waals surface area contributed by atoms with Gasteiger partial charge in [0.2, 0.25) is 11.8 Å². The Bertz CT molecular complexity index is 1030. The number of carbonyl (C=O) groups is 1. The summed E-state index contributed by atoms with van der Waals surface area (Å²) in [7, 11) is 0. The Hall–Kier alpha value is -3.41. The van der Waals surface area contributed by atoms with Gasteiger partial charge in [-0.25, -0.2) is 9.99 Å². The van der Waals surface area contributed by atoms with Gasteiger partial charge in [-0.15, -0.1) is 0 Å². The smallest absolute Gasteiger partial charge is 0.265 e. The summed E-state index contributed by atoms with van der Waals surface area (Å²) in [5, 5.41) is 15.6. The van der Waals surface area contributed by atoms with E-state index in [-0.39, 0.29) is 17.3 Å². The number of carbonyl (C=O) groups excluding carboxylic acids is 1. The van der Waals surface area contributed by atoms with Gasteiger partial charge in [0.05, 0.1) is 17.5 Å². The van der Waals surface area contributed by atoms with Crippen LogP contribution >= 0.6 is 0 Å². The third-order valence-electron chi connectivity index (χ3n) is 3.81. The molecule has 3 aromatic rings. The standard InChI is InChI=1S/C19H17N3O3/c1-12-7-9-14(10-8-12)22-18(24)16-6-4-3-5-15(16)17(19(22)25)11-20-21-13(2)23/h3-11,25H,1-2H3,(H,21,23)/b20-11+. The predicted octanol–water partition coefficient (Wildman–Crippen LogP) is 2.47. The number of hydrogen-bond acceptors (Lipinski definition) is 4. The topological polar surface area (TPSA) is 83.7 Å². The fourth-order valence-electron chi connectivity index (χ4n) is 2.61. The molecular weight excluding hydrogens is 318 g/mol. The second-order valence-electron chi connectivity index (χ2n) is 5.69. The van der Waals surface area contributed by atoms with Gasteiger partial charge in [0.1, 0.15) is 0 Å². The number of hydrogen-bond donors (Lipinski definition) is 2. The highest BCUT2D eigenvalue weighted by Gasteiger charge is 2.16. The number of fused-ring (bicyclic) bond motifs is 1. The van der Waals surface area contributed by atoms with E-state index in [2.05, 4.69) is 10.5 Å². The van der Waals surface area contributed by atoms with Gasteiger partial charge in [-0.1, -0.05) is 35.9 Å². The van der Waals surface area contributed by atoms with Crippen LogP contribution in [0.1, 0.15) is 18.1 Å². The fourth-order valence-corrected chi connectivity index (χ4v) is 2.61. The van der Waals surface area contributed by atoms with E-state index in [9.17, 15) is 14.7 Å². The van der Waals surface area contributed by atoms with Gasteiger partial charge in [-0.2, -0.15) is 5.10 Å². The van der Waals surface area contributed by atoms with Crippen LogP contribution in [-0.4, -0.2) is 21.8 Å². The number of benzene rings is 2. The average molecular weight is 335 g/mol. The highest BCUT2D eigenvalue weighted by atomic mass is 16.3. The summed E-state index contributed by atoms with van der Waals surface area (Å²) in [5.74, 6) is -0.562. The summed E-state index contributed by atoms with van der Waals surface area (Å²) in [6.07, 6.45) is 1.34. The number of amides is 1. The zero-order chi connectivity index (χ0) is 18.0. The molecule has 0 radical (unpaired) electrons. The number of pyridine rings is 1. The van der Waals surface area contributed by atoms with Crippen molar-refractivity contribution in [3.63, 3.8) is 0 Å². The van der Waals surface area contributed by atoms with E-state index in [1.54, 1.807) is 36.4 Å². The van der Waals surface area contributed by atoms with Gasteiger partial charge in [0.15, 0.2) is 0 Å². The highest BCUT2D eigenvalue weighted by molar-refractivity contribution is 6.01. The quantitative estimate of drug-likeness (QED) is 0.570. The molecule has 0 aliphatic carbocycles. The Kier molecular flexibility index (Phi) is 4.35. The van der Waals surface area contributed by atoms with E-state index in [0.29, 0.717) is 22.0 Å². The molecule has 2 aromatic carbocycles. The lowest BCUT2D eigenvalue weighted by Crippen LogP contribution is -2.20. The second kappa shape index (κ2) is 6.60. The van der Waals surface area contributed by atoms with Crippen LogP contribution in [-0.2, 0) is 4.79 Å². The van der Waals surface area contributed by atoms with E-state index in [1.807, 2.05) is 19.1 Å². The van der Waals surface area contributed by atoms with E-state index in [1.165, 1.54) is 17.7 Å². The fraction of sp³-hybridized carbons (Fsp3) is 0.105. The SMILES string of the molecule is CC(=O)N/N=C/c1c(O)n(-c2ccc(C)cc2)c(=O)c2ccccc12. The first kappa shape index (κ1) is 16.4. The van der Waals surface area contributed by atoms with Crippen molar-refractivity contribution >= 4 is 22.9 Å². The van der Waals surface area contributed by atoms with Crippen LogP contribution in [0.25, 0.3) is 16.5 Å². The van der Waals surface area contributed by atoms with E-state index in [4.69, 9.17) is 0 Å². The predicted molar refractivity (Wildman–Crippen MR) is 97.4 cm³/mol. The molecule has 0 fully saturated rings. The molecule has 2 N–H and O–H groups in total. The molecule has 1 heterocycles. The Labute approximate surface area is 144 Å². The van der Waals surface area contributed by atoms with Crippen LogP contribution in [0.5, 0.6) is 5.88 Å². The summed E-state index contributed by atoms with van der Waals surface area (Å²) < 4.78 is 1.23. The maximum absolute atomic E-state index is 12.9. The summed E-state index contributed by atoms with van der Waals surface area (Å²) >= 11 is 0. The van der Waals surface area contributed by atoms with Crippen molar-refractivity contribution in [2.45, 2.75) is 13.8 Å². The number of rotatable bonds is 3. The van der Waals surface area contributed by atoms with Crippen LogP contribution in [0.2, 0.25) is 0 Å². The highest BCUT2D eigenvalue weighted by Crippen LogP contribution is 2.25. The van der Waals surface area contributed by atoms with Crippen molar-refractivity contribution in [2.75, 3.05) is 0 Å². The van der Waals surface area contributed by atoms with Crippen molar-refractivity contribution in [3.05, 3.63) is 70.0 Å². The van der Waals surface area contributed by atoms with Crippen molar-refractivity contribution in [1.29, 1.82) is 0 Å². The Morgan fingerprint density at radius 2 is 1.76 bits per heavy atom. The Morgan fingerprint density at radius 3 is 2.40 bits per heavy atom. The molecule has 0 spiro atoms. The maximum atomic E-state index is 12.9. The molecule has 0 unspecified atom stereocenters. The number of aromatic nitrogens is 1. The minimum atomic E-state index is -0.327. The van der Waals surface area contributed by atoms with E-state index in [0.717, 1.165) is 5.56 Å². The van der Waals surface area contributed by atoms with Crippen molar-refractivity contribution < 1.29 is 9.90 Å². The van der Waals surface area contributed by atoms with Gasteiger partial charge in [0, 0.05) is 17.7 Å². The number of aromatic hydroxyl groups is 1. The summed E-state index contributed by atoms with van der Waals surface area (Å²) in [4.78, 5) is 23.9. The van der Waals surface area contributed by atoms with Gasteiger partial charge in [0.25, 0.3) is 5.56 Å². The third kappa shape index (κ3) is 3.14. The van der Waals surface area contributed by atoms with Crippen molar-refractivity contribution in [1.82, 2.24) is 9.99 Å². The monoisotopic (exact) mass is 335 g/mol. The molecule has 0 saturated carbocycles. The van der Waals surface area contributed by atoms with Crippen LogP contribution in [0.15, 0.2) is 58.4 Å². The Morgan fingerprint density at radius 1 is 1.12 bits per heavy atom. The molecule has 126 valence electrons. The molecule has 1 aromatic heterocycles. The number of nitrogens with one attached hydrogen (secondary N) is 1. The van der Waals surface area contributed by atoms with Gasteiger partial charge in [-0.3, -0.25) is 9.59 Å². The average Bonchev–Trinajstić information content (AvgIpc) is 2.59. The van der Waals surface area contributed by atoms with Crippen LogP contribution in [0, 0.1) is 6.92 Å². The molecule has 6 heteroatoms. The lowest BCUT2D eigenvalue weighted by molar-refractivity contribution is -0.118. The van der Waals surface area contributed by atoms with Crippen LogP contribution in [0.3, 0.4) is 0 Å². The minimum Gasteiger partial charge on any atom is -0.494 e. The minimum absolute atomic E-state index is 0.235. The number of hydrazone groups is 1. The normalized spacial score (nSPS) is 11.1. The third-order valence-corrected chi connectivity index (χ3v) is 3.81. The number of nitrogens with zero attached hydrogens (tertiary/aromatic N) is 2. The zero-order valence-corrected chi connectivity index (χ0v) is 13.9. The van der Waals surface area contributed by atoms with E-state index < -0.39 is 0 Å².